The molecule has 3 aromatic rings. The number of nitrogens with zero attached hydrogens (tertiary/aromatic N) is 6. The number of para-hydroxylation sites is 1. The van der Waals surface area contributed by atoms with Crippen molar-refractivity contribution in [3.63, 3.8) is 0 Å². The molecule has 3 rings (SSSR count). The van der Waals surface area contributed by atoms with Crippen LogP contribution in [0.5, 0.6) is 0 Å². The van der Waals surface area contributed by atoms with Gasteiger partial charge in [0.05, 0.1) is 18.1 Å². The van der Waals surface area contributed by atoms with Gasteiger partial charge in [-0.3, -0.25) is 0 Å². The van der Waals surface area contributed by atoms with E-state index >= 15 is 0 Å². The largest absolute Gasteiger partial charge is 0.246 e. The van der Waals surface area contributed by atoms with Crippen molar-refractivity contribution in [2.75, 3.05) is 0 Å². The van der Waals surface area contributed by atoms with Crippen LogP contribution in [0.1, 0.15) is 0 Å². The van der Waals surface area contributed by atoms with Crippen LogP contribution in [0.25, 0.3) is 17.1 Å². The first-order valence-corrected chi connectivity index (χ1v) is 5.17. The van der Waals surface area contributed by atoms with Gasteiger partial charge >= 0.3 is 0 Å². The minimum Gasteiger partial charge on any atom is -0.246 e. The summed E-state index contributed by atoms with van der Waals surface area (Å²) in [7, 11) is 1.84. The van der Waals surface area contributed by atoms with E-state index in [4.69, 9.17) is 0 Å². The lowest BCUT2D eigenvalue weighted by atomic mass is 10.3. The summed E-state index contributed by atoms with van der Waals surface area (Å²) >= 11 is 0. The van der Waals surface area contributed by atoms with E-state index < -0.39 is 0 Å². The van der Waals surface area contributed by atoms with Crippen molar-refractivity contribution < 1.29 is 0 Å². The highest BCUT2D eigenvalue weighted by Gasteiger charge is 2.11. The fourth-order valence-electron chi connectivity index (χ4n) is 1.69. The minimum absolute atomic E-state index is 0.865. The fraction of sp³-hybridized carbons (Fsp3) is 0.0909. The van der Waals surface area contributed by atoms with Gasteiger partial charge in [-0.25, -0.2) is 9.36 Å². The summed E-state index contributed by atoms with van der Waals surface area (Å²) < 4.78 is 3.46. The van der Waals surface area contributed by atoms with Crippen molar-refractivity contribution in [1.82, 2.24) is 30.0 Å². The van der Waals surface area contributed by atoms with E-state index in [9.17, 15) is 0 Å². The molecule has 84 valence electrons. The van der Waals surface area contributed by atoms with Crippen LogP contribution in [0, 0.1) is 0 Å². The van der Waals surface area contributed by atoms with Gasteiger partial charge in [-0.2, -0.15) is 0 Å². The summed E-state index contributed by atoms with van der Waals surface area (Å²) in [5.74, 6) is 0. The normalized spacial score (nSPS) is 10.6. The van der Waals surface area contributed by atoms with E-state index in [1.807, 2.05) is 37.4 Å². The smallest absolute Gasteiger partial charge is 0.114 e. The number of hydrogen-bond acceptors (Lipinski definition) is 4. The van der Waals surface area contributed by atoms with Gasteiger partial charge in [0, 0.05) is 7.05 Å². The third kappa shape index (κ3) is 1.59. The zero-order chi connectivity index (χ0) is 11.7. The summed E-state index contributed by atoms with van der Waals surface area (Å²) in [5, 5.41) is 15.8. The molecule has 2 aromatic heterocycles. The second-order valence-electron chi connectivity index (χ2n) is 3.61. The molecule has 0 fully saturated rings. The Kier molecular flexibility index (Phi) is 2.18. The van der Waals surface area contributed by atoms with E-state index in [-0.39, 0.29) is 0 Å². The Morgan fingerprint density at radius 1 is 0.882 bits per heavy atom. The van der Waals surface area contributed by atoms with Crippen LogP contribution in [0.15, 0.2) is 42.7 Å². The lowest BCUT2D eigenvalue weighted by Gasteiger charge is -2.04. The fourth-order valence-corrected chi connectivity index (χ4v) is 1.69. The van der Waals surface area contributed by atoms with E-state index in [0.717, 1.165) is 17.1 Å². The zero-order valence-corrected chi connectivity index (χ0v) is 9.22. The van der Waals surface area contributed by atoms with Gasteiger partial charge in [0.1, 0.15) is 11.4 Å². The molecule has 0 aliphatic carbocycles. The van der Waals surface area contributed by atoms with Crippen molar-refractivity contribution in [2.45, 2.75) is 0 Å². The summed E-state index contributed by atoms with van der Waals surface area (Å²) in [6.45, 7) is 0. The maximum Gasteiger partial charge on any atom is 0.114 e. The Balaban J connectivity index is 2.16. The Morgan fingerprint density at radius 3 is 2.29 bits per heavy atom. The number of hydrogen-bond donors (Lipinski definition) is 0. The number of aromatic nitrogens is 6. The van der Waals surface area contributed by atoms with Crippen LogP contribution >= 0.6 is 0 Å². The lowest BCUT2D eigenvalue weighted by molar-refractivity contribution is 0.714. The molecular weight excluding hydrogens is 216 g/mol. The van der Waals surface area contributed by atoms with E-state index in [2.05, 4.69) is 20.6 Å². The van der Waals surface area contributed by atoms with Crippen LogP contribution in [0.3, 0.4) is 0 Å². The first kappa shape index (κ1) is 9.71. The van der Waals surface area contributed by atoms with Gasteiger partial charge in [0.25, 0.3) is 0 Å². The highest BCUT2D eigenvalue weighted by Crippen LogP contribution is 2.19. The molecule has 0 aliphatic heterocycles. The molecule has 1 aromatic carbocycles. The molecule has 0 N–H and O–H groups in total. The van der Waals surface area contributed by atoms with Crippen molar-refractivity contribution in [3.8, 4) is 17.1 Å². The molecule has 2 heterocycles. The number of aryl methyl sites for hydroxylation is 1. The summed E-state index contributed by atoms with van der Waals surface area (Å²) in [6, 6.07) is 9.83. The first-order valence-electron chi connectivity index (χ1n) is 5.17. The standard InChI is InChI=1S/C11H10N6/c1-16-10(7-12-14-16)11-8-13-15-17(11)9-5-3-2-4-6-9/h2-8H,1H3. The predicted octanol–water partition coefficient (Wildman–Crippen LogP) is 1.06. The molecule has 0 atom stereocenters. The van der Waals surface area contributed by atoms with Crippen LogP contribution < -0.4 is 0 Å². The van der Waals surface area contributed by atoms with Gasteiger partial charge in [-0.1, -0.05) is 28.6 Å². The van der Waals surface area contributed by atoms with Crippen LogP contribution in [-0.4, -0.2) is 30.0 Å². The molecule has 0 radical (unpaired) electrons. The van der Waals surface area contributed by atoms with E-state index in [1.54, 1.807) is 21.8 Å². The van der Waals surface area contributed by atoms with Crippen molar-refractivity contribution in [3.05, 3.63) is 42.7 Å². The Hall–Kier alpha value is -2.50. The highest BCUT2D eigenvalue weighted by atomic mass is 15.5. The van der Waals surface area contributed by atoms with Gasteiger partial charge in [-0.15, -0.1) is 10.2 Å². The molecule has 0 saturated heterocycles. The first-order chi connectivity index (χ1) is 8.36. The number of benzene rings is 1. The van der Waals surface area contributed by atoms with Crippen molar-refractivity contribution >= 4 is 0 Å². The quantitative estimate of drug-likeness (QED) is 0.655. The average Bonchev–Trinajstić information content (AvgIpc) is 2.98. The maximum atomic E-state index is 4.08. The van der Waals surface area contributed by atoms with Crippen molar-refractivity contribution in [1.29, 1.82) is 0 Å². The van der Waals surface area contributed by atoms with Crippen LogP contribution in [0.2, 0.25) is 0 Å². The molecule has 0 aliphatic rings. The molecule has 6 nitrogen and oxygen atoms in total. The average molecular weight is 226 g/mol. The zero-order valence-electron chi connectivity index (χ0n) is 9.22. The molecule has 0 spiro atoms. The Bertz CT molecular complexity index is 624. The third-order valence-electron chi connectivity index (χ3n) is 2.53. The van der Waals surface area contributed by atoms with Crippen molar-refractivity contribution in [2.24, 2.45) is 7.05 Å². The molecule has 0 unspecified atom stereocenters. The molecule has 0 saturated carbocycles. The Morgan fingerprint density at radius 2 is 1.59 bits per heavy atom. The van der Waals surface area contributed by atoms with Gasteiger partial charge in [0.2, 0.25) is 0 Å². The summed E-state index contributed by atoms with van der Waals surface area (Å²) in [4.78, 5) is 0. The monoisotopic (exact) mass is 226 g/mol. The van der Waals surface area contributed by atoms with Gasteiger partial charge in [0.15, 0.2) is 0 Å². The molecule has 6 heteroatoms. The highest BCUT2D eigenvalue weighted by molar-refractivity contribution is 5.55. The molecule has 0 bridgehead atoms. The predicted molar refractivity (Wildman–Crippen MR) is 61.4 cm³/mol. The summed E-state index contributed by atoms with van der Waals surface area (Å²) in [5.41, 5.74) is 2.70. The maximum absolute atomic E-state index is 4.08. The molecule has 0 amide bonds. The van der Waals surface area contributed by atoms with Crippen LogP contribution in [0.4, 0.5) is 0 Å². The minimum atomic E-state index is 0.865. The SMILES string of the molecule is Cn1nncc1-c1cnnn1-c1ccccc1. The van der Waals surface area contributed by atoms with Crippen LogP contribution in [-0.2, 0) is 7.05 Å². The summed E-state index contributed by atoms with van der Waals surface area (Å²) in [6.07, 6.45) is 3.39. The van der Waals surface area contributed by atoms with Gasteiger partial charge < -0.3 is 0 Å². The molecular formula is C11H10N6. The lowest BCUT2D eigenvalue weighted by Crippen LogP contribution is -2.02. The van der Waals surface area contributed by atoms with E-state index in [0.29, 0.717) is 0 Å². The van der Waals surface area contributed by atoms with Gasteiger partial charge in [-0.05, 0) is 12.1 Å². The Labute approximate surface area is 97.5 Å². The second kappa shape index (κ2) is 3.82. The van der Waals surface area contributed by atoms with E-state index in [1.165, 1.54) is 0 Å². The third-order valence-corrected chi connectivity index (χ3v) is 2.53. The topological polar surface area (TPSA) is 61.4 Å². The molecule has 17 heavy (non-hydrogen) atoms. The number of rotatable bonds is 2. The second-order valence-corrected chi connectivity index (χ2v) is 3.61.